The molecule has 24 heavy (non-hydrogen) atoms. The minimum atomic E-state index is -0.131. The normalized spacial score (nSPS) is 10.6. The number of carbonyl (C=O) groups is 2. The summed E-state index contributed by atoms with van der Waals surface area (Å²) in [7, 11) is 0. The van der Waals surface area contributed by atoms with Gasteiger partial charge in [0.25, 0.3) is 0 Å². The number of nitrogens with zero attached hydrogens (tertiary/aromatic N) is 1. The molecule has 0 saturated heterocycles. The van der Waals surface area contributed by atoms with Gasteiger partial charge in [0.15, 0.2) is 0 Å². The highest BCUT2D eigenvalue weighted by atomic mass is 35.5. The van der Waals surface area contributed by atoms with E-state index in [-0.39, 0.29) is 24.4 Å². The summed E-state index contributed by atoms with van der Waals surface area (Å²) in [6.45, 7) is 8.65. The van der Waals surface area contributed by atoms with E-state index in [4.69, 9.17) is 16.3 Å². The van der Waals surface area contributed by atoms with Crippen molar-refractivity contribution in [2.24, 2.45) is 0 Å². The van der Waals surface area contributed by atoms with Crippen molar-refractivity contribution in [1.82, 2.24) is 10.2 Å². The largest absolute Gasteiger partial charge is 0.493 e. The van der Waals surface area contributed by atoms with E-state index in [2.05, 4.69) is 5.32 Å². The molecule has 0 fully saturated rings. The van der Waals surface area contributed by atoms with Crippen LogP contribution < -0.4 is 10.1 Å². The number of hydrogen-bond donors (Lipinski definition) is 1. The van der Waals surface area contributed by atoms with Gasteiger partial charge in [-0.15, -0.1) is 0 Å². The Morgan fingerprint density at radius 1 is 1.33 bits per heavy atom. The van der Waals surface area contributed by atoms with Crippen molar-refractivity contribution in [1.29, 1.82) is 0 Å². The first-order chi connectivity index (χ1) is 11.3. The average Bonchev–Trinajstić information content (AvgIpc) is 2.49. The maximum Gasteiger partial charge on any atom is 0.239 e. The molecule has 0 aromatic heterocycles. The van der Waals surface area contributed by atoms with Gasteiger partial charge in [-0.25, -0.2) is 0 Å². The molecule has 2 amide bonds. The fourth-order valence-corrected chi connectivity index (χ4v) is 2.48. The molecular formula is C18H27ClN2O3. The first-order valence-corrected chi connectivity index (χ1v) is 8.67. The van der Waals surface area contributed by atoms with E-state index >= 15 is 0 Å². The van der Waals surface area contributed by atoms with Crippen molar-refractivity contribution in [3.8, 4) is 5.75 Å². The Labute approximate surface area is 149 Å². The highest BCUT2D eigenvalue weighted by molar-refractivity contribution is 6.30. The van der Waals surface area contributed by atoms with Crippen LogP contribution in [0.4, 0.5) is 0 Å². The van der Waals surface area contributed by atoms with Crippen LogP contribution >= 0.6 is 11.6 Å². The summed E-state index contributed by atoms with van der Waals surface area (Å²) in [5, 5.41) is 3.47. The second kappa shape index (κ2) is 10.2. The molecule has 0 radical (unpaired) electrons. The van der Waals surface area contributed by atoms with Gasteiger partial charge < -0.3 is 15.0 Å². The predicted molar refractivity (Wildman–Crippen MR) is 96.5 cm³/mol. The number of aryl methyl sites for hydroxylation is 1. The van der Waals surface area contributed by atoms with Gasteiger partial charge in [0.1, 0.15) is 5.75 Å². The van der Waals surface area contributed by atoms with E-state index < -0.39 is 0 Å². The van der Waals surface area contributed by atoms with Crippen LogP contribution in [0, 0.1) is 6.92 Å². The van der Waals surface area contributed by atoms with Crippen LogP contribution in [0.5, 0.6) is 5.75 Å². The number of halogens is 1. The van der Waals surface area contributed by atoms with E-state index in [1.807, 2.05) is 39.8 Å². The molecule has 6 heteroatoms. The second-order valence-electron chi connectivity index (χ2n) is 5.99. The third kappa shape index (κ3) is 7.21. The Morgan fingerprint density at radius 2 is 2.04 bits per heavy atom. The fraction of sp³-hybridized carbons (Fsp3) is 0.556. The minimum Gasteiger partial charge on any atom is -0.493 e. The highest BCUT2D eigenvalue weighted by Gasteiger charge is 2.15. The summed E-state index contributed by atoms with van der Waals surface area (Å²) in [4.78, 5) is 25.5. The van der Waals surface area contributed by atoms with Crippen LogP contribution in [0.2, 0.25) is 5.02 Å². The third-order valence-corrected chi connectivity index (χ3v) is 3.68. The zero-order valence-electron chi connectivity index (χ0n) is 14.9. The van der Waals surface area contributed by atoms with Crippen LogP contribution in [0.15, 0.2) is 18.2 Å². The molecule has 0 atom stereocenters. The standard InChI is InChI=1S/C18H27ClN2O3/c1-5-21(12-17(22)20-13(2)3)18(23)7-6-10-24-16-9-8-15(19)11-14(16)4/h8-9,11,13H,5-7,10,12H2,1-4H3,(H,20,22). The maximum atomic E-state index is 12.2. The van der Waals surface area contributed by atoms with Gasteiger partial charge in [0.2, 0.25) is 11.8 Å². The number of rotatable bonds is 9. The Kier molecular flexibility index (Phi) is 8.61. The number of benzene rings is 1. The van der Waals surface area contributed by atoms with E-state index in [1.165, 1.54) is 0 Å². The predicted octanol–water partition coefficient (Wildman–Crippen LogP) is 3.18. The van der Waals surface area contributed by atoms with Gasteiger partial charge in [-0.1, -0.05) is 11.6 Å². The second-order valence-corrected chi connectivity index (χ2v) is 6.43. The van der Waals surface area contributed by atoms with Crippen molar-refractivity contribution in [2.45, 2.75) is 46.6 Å². The summed E-state index contributed by atoms with van der Waals surface area (Å²) in [5.41, 5.74) is 0.967. The number of likely N-dealkylation sites (N-methyl/N-ethyl adjacent to an activating group) is 1. The molecule has 0 unspecified atom stereocenters. The molecule has 0 saturated carbocycles. The van der Waals surface area contributed by atoms with Crippen LogP contribution in [-0.4, -0.2) is 42.5 Å². The van der Waals surface area contributed by atoms with Crippen molar-refractivity contribution >= 4 is 23.4 Å². The van der Waals surface area contributed by atoms with Crippen LogP contribution in [0.25, 0.3) is 0 Å². The Hall–Kier alpha value is -1.75. The highest BCUT2D eigenvalue weighted by Crippen LogP contribution is 2.21. The summed E-state index contributed by atoms with van der Waals surface area (Å²) in [6.07, 6.45) is 0.957. The molecule has 0 heterocycles. The summed E-state index contributed by atoms with van der Waals surface area (Å²) in [5.74, 6) is 0.608. The molecule has 1 N–H and O–H groups in total. The first-order valence-electron chi connectivity index (χ1n) is 8.29. The monoisotopic (exact) mass is 354 g/mol. The molecule has 1 rings (SSSR count). The van der Waals surface area contributed by atoms with Crippen LogP contribution in [0.1, 0.15) is 39.2 Å². The van der Waals surface area contributed by atoms with E-state index in [0.29, 0.717) is 31.0 Å². The molecule has 1 aromatic rings. The van der Waals surface area contributed by atoms with Crippen molar-refractivity contribution < 1.29 is 14.3 Å². The summed E-state index contributed by atoms with van der Waals surface area (Å²) in [6, 6.07) is 5.52. The minimum absolute atomic E-state index is 0.0344. The Balaban J connectivity index is 2.37. The van der Waals surface area contributed by atoms with Gasteiger partial charge in [0.05, 0.1) is 13.2 Å². The topological polar surface area (TPSA) is 58.6 Å². The van der Waals surface area contributed by atoms with Crippen LogP contribution in [-0.2, 0) is 9.59 Å². The van der Waals surface area contributed by atoms with Gasteiger partial charge in [0, 0.05) is 24.0 Å². The summed E-state index contributed by atoms with van der Waals surface area (Å²) < 4.78 is 5.68. The van der Waals surface area contributed by atoms with Gasteiger partial charge in [-0.05, 0) is 57.9 Å². The lowest BCUT2D eigenvalue weighted by Crippen LogP contribution is -2.42. The van der Waals surface area contributed by atoms with Gasteiger partial charge in [-0.3, -0.25) is 9.59 Å². The molecule has 0 spiro atoms. The fourth-order valence-electron chi connectivity index (χ4n) is 2.26. The number of ether oxygens (including phenoxy) is 1. The quantitative estimate of drug-likeness (QED) is 0.693. The molecule has 1 aromatic carbocycles. The number of nitrogens with one attached hydrogen (secondary N) is 1. The molecule has 0 bridgehead atoms. The lowest BCUT2D eigenvalue weighted by molar-refractivity contribution is -0.136. The van der Waals surface area contributed by atoms with Crippen LogP contribution in [0.3, 0.4) is 0 Å². The zero-order valence-corrected chi connectivity index (χ0v) is 15.7. The molecule has 134 valence electrons. The number of carbonyl (C=O) groups excluding carboxylic acids is 2. The molecule has 0 aliphatic rings. The molecule has 5 nitrogen and oxygen atoms in total. The smallest absolute Gasteiger partial charge is 0.239 e. The Bertz CT molecular complexity index is 561. The van der Waals surface area contributed by atoms with Crippen molar-refractivity contribution in [3.05, 3.63) is 28.8 Å². The van der Waals surface area contributed by atoms with Crippen molar-refractivity contribution in [2.75, 3.05) is 19.7 Å². The molecular weight excluding hydrogens is 328 g/mol. The number of hydrogen-bond acceptors (Lipinski definition) is 3. The molecule has 0 aliphatic carbocycles. The van der Waals surface area contributed by atoms with Gasteiger partial charge in [-0.2, -0.15) is 0 Å². The summed E-state index contributed by atoms with van der Waals surface area (Å²) >= 11 is 5.91. The molecule has 0 aliphatic heterocycles. The first kappa shape index (κ1) is 20.3. The van der Waals surface area contributed by atoms with E-state index in [1.54, 1.807) is 11.0 Å². The van der Waals surface area contributed by atoms with E-state index in [0.717, 1.165) is 11.3 Å². The Morgan fingerprint density at radius 3 is 2.62 bits per heavy atom. The lowest BCUT2D eigenvalue weighted by Gasteiger charge is -2.21. The SMILES string of the molecule is CCN(CC(=O)NC(C)C)C(=O)CCCOc1ccc(Cl)cc1C. The average molecular weight is 355 g/mol. The maximum absolute atomic E-state index is 12.2. The van der Waals surface area contributed by atoms with Gasteiger partial charge >= 0.3 is 0 Å². The lowest BCUT2D eigenvalue weighted by atomic mass is 10.2. The number of amides is 2. The third-order valence-electron chi connectivity index (χ3n) is 3.45. The zero-order chi connectivity index (χ0) is 18.1. The van der Waals surface area contributed by atoms with Crippen molar-refractivity contribution in [3.63, 3.8) is 0 Å². The van der Waals surface area contributed by atoms with E-state index in [9.17, 15) is 9.59 Å².